The molecule has 2 aromatic carbocycles. The Morgan fingerprint density at radius 3 is 2.67 bits per heavy atom. The van der Waals surface area contributed by atoms with Crippen LogP contribution in [0.3, 0.4) is 0 Å². The first-order valence-corrected chi connectivity index (χ1v) is 7.36. The smallest absolute Gasteiger partial charge is 0.387 e. The van der Waals surface area contributed by atoms with E-state index in [0.29, 0.717) is 0 Å². The molecule has 2 rings (SSSR count). The van der Waals surface area contributed by atoms with E-state index >= 15 is 0 Å². The molecule has 0 aliphatic rings. The molecule has 0 saturated heterocycles. The zero-order valence-corrected chi connectivity index (χ0v) is 13.8. The van der Waals surface area contributed by atoms with Gasteiger partial charge in [0.05, 0.1) is 17.7 Å². The number of nitro groups is 1. The number of nitrogens with zero attached hydrogens (tertiary/aromatic N) is 1. The highest BCUT2D eigenvalue weighted by Gasteiger charge is 2.15. The Hall–Kier alpha value is -3.56. The highest BCUT2D eigenvalue weighted by molar-refractivity contribution is 6.02. The van der Waals surface area contributed by atoms with E-state index in [1.54, 1.807) is 0 Å². The van der Waals surface area contributed by atoms with Crippen molar-refractivity contribution in [1.29, 1.82) is 0 Å². The molecule has 0 bridgehead atoms. The number of hydrogen-bond acceptors (Lipinski definition) is 5. The number of benzene rings is 2. The fourth-order valence-corrected chi connectivity index (χ4v) is 2.10. The van der Waals surface area contributed by atoms with Crippen LogP contribution in [0.4, 0.5) is 24.5 Å². The molecule has 0 aliphatic heterocycles. The second kappa shape index (κ2) is 8.70. The van der Waals surface area contributed by atoms with Crippen LogP contribution in [0.5, 0.6) is 11.5 Å². The monoisotopic (exact) mass is 382 g/mol. The summed E-state index contributed by atoms with van der Waals surface area (Å²) in [5, 5.41) is 12.9. The molecule has 10 heteroatoms. The van der Waals surface area contributed by atoms with Crippen molar-refractivity contribution in [2.24, 2.45) is 0 Å². The Balaban J connectivity index is 2.23. The number of nitrogens with one attached hydrogen (secondary N) is 1. The van der Waals surface area contributed by atoms with E-state index in [-0.39, 0.29) is 17.1 Å². The van der Waals surface area contributed by atoms with Crippen LogP contribution in [0, 0.1) is 15.9 Å². The van der Waals surface area contributed by atoms with Gasteiger partial charge in [-0.1, -0.05) is 12.1 Å². The summed E-state index contributed by atoms with van der Waals surface area (Å²) in [6.07, 6.45) is 2.09. The molecule has 0 radical (unpaired) electrons. The van der Waals surface area contributed by atoms with E-state index < -0.39 is 34.6 Å². The first-order valence-electron chi connectivity index (χ1n) is 7.36. The number of carbonyl (C=O) groups excluding carboxylic acids is 1. The summed E-state index contributed by atoms with van der Waals surface area (Å²) in [6, 6.07) is 6.94. The van der Waals surface area contributed by atoms with E-state index in [9.17, 15) is 28.1 Å². The number of alkyl halides is 2. The summed E-state index contributed by atoms with van der Waals surface area (Å²) in [6.45, 7) is -3.11. The van der Waals surface area contributed by atoms with E-state index in [4.69, 9.17) is 4.74 Å². The van der Waals surface area contributed by atoms with Gasteiger partial charge in [-0.25, -0.2) is 4.39 Å². The van der Waals surface area contributed by atoms with Crippen molar-refractivity contribution in [3.8, 4) is 11.5 Å². The number of halogens is 3. The first kappa shape index (κ1) is 19.8. The predicted octanol–water partition coefficient (Wildman–Crippen LogP) is 4.00. The van der Waals surface area contributed by atoms with Gasteiger partial charge in [-0.05, 0) is 18.2 Å². The summed E-state index contributed by atoms with van der Waals surface area (Å²) in [5.41, 5.74) is -0.686. The molecule has 27 heavy (non-hydrogen) atoms. The Morgan fingerprint density at radius 2 is 2.04 bits per heavy atom. The third-order valence-corrected chi connectivity index (χ3v) is 3.27. The van der Waals surface area contributed by atoms with Gasteiger partial charge in [0.1, 0.15) is 5.82 Å². The number of methoxy groups -OCH3 is 1. The lowest BCUT2D eigenvalue weighted by atomic mass is 10.1. The van der Waals surface area contributed by atoms with Gasteiger partial charge in [0.25, 0.3) is 5.69 Å². The Kier molecular flexibility index (Phi) is 6.36. The second-order valence-corrected chi connectivity index (χ2v) is 5.00. The zero-order chi connectivity index (χ0) is 20.0. The Bertz CT molecular complexity index is 887. The number of carbonyl (C=O) groups is 1. The lowest BCUT2D eigenvalue weighted by molar-refractivity contribution is -0.384. The molecule has 0 aromatic heterocycles. The van der Waals surface area contributed by atoms with Crippen molar-refractivity contribution in [1.82, 2.24) is 0 Å². The molecule has 0 atom stereocenters. The van der Waals surface area contributed by atoms with Crippen molar-refractivity contribution >= 4 is 23.4 Å². The normalized spacial score (nSPS) is 10.9. The molecule has 142 valence electrons. The molecule has 2 aromatic rings. The van der Waals surface area contributed by atoms with Gasteiger partial charge in [-0.15, -0.1) is 0 Å². The maximum absolute atomic E-state index is 13.7. The van der Waals surface area contributed by atoms with Crippen molar-refractivity contribution in [2.45, 2.75) is 6.61 Å². The van der Waals surface area contributed by atoms with Crippen molar-refractivity contribution in [3.63, 3.8) is 0 Å². The topological polar surface area (TPSA) is 90.7 Å². The third kappa shape index (κ3) is 5.21. The fraction of sp³-hybridized carbons (Fsp3) is 0.118. The standard InChI is InChI=1S/C17H13F3N2O5/c1-26-14-4-2-3-10(16(14)27-17(19)20)5-8-15(23)21-13-9-11(22(24)25)6-7-12(13)18/h2-9,17H,1H3,(H,21,23). The minimum absolute atomic E-state index is 0.0302. The first-order chi connectivity index (χ1) is 12.8. The highest BCUT2D eigenvalue weighted by Crippen LogP contribution is 2.33. The summed E-state index contributed by atoms with van der Waals surface area (Å²) in [5.74, 6) is -1.95. The lowest BCUT2D eigenvalue weighted by Crippen LogP contribution is -2.10. The molecule has 0 fully saturated rings. The van der Waals surface area contributed by atoms with Crippen LogP contribution in [-0.2, 0) is 4.79 Å². The molecular weight excluding hydrogens is 369 g/mol. The number of amides is 1. The van der Waals surface area contributed by atoms with Gasteiger partial charge in [-0.3, -0.25) is 14.9 Å². The average molecular weight is 382 g/mol. The molecule has 0 unspecified atom stereocenters. The summed E-state index contributed by atoms with van der Waals surface area (Å²) in [4.78, 5) is 21.9. The number of para-hydroxylation sites is 1. The zero-order valence-electron chi connectivity index (χ0n) is 13.8. The quantitative estimate of drug-likeness (QED) is 0.444. The van der Waals surface area contributed by atoms with Gasteiger partial charge in [0.15, 0.2) is 11.5 Å². The molecule has 1 N–H and O–H groups in total. The van der Waals surface area contributed by atoms with Crippen LogP contribution in [0.15, 0.2) is 42.5 Å². The minimum Gasteiger partial charge on any atom is -0.493 e. The molecular formula is C17H13F3N2O5. The maximum Gasteiger partial charge on any atom is 0.387 e. The number of hydrogen-bond donors (Lipinski definition) is 1. The molecule has 0 spiro atoms. The van der Waals surface area contributed by atoms with Gasteiger partial charge in [0, 0.05) is 23.8 Å². The molecule has 0 saturated carbocycles. The number of ether oxygens (including phenoxy) is 2. The second-order valence-electron chi connectivity index (χ2n) is 5.00. The number of anilines is 1. The maximum atomic E-state index is 13.7. The van der Waals surface area contributed by atoms with Crippen molar-refractivity contribution < 1.29 is 32.4 Å². The van der Waals surface area contributed by atoms with Gasteiger partial charge in [-0.2, -0.15) is 8.78 Å². The number of rotatable bonds is 7. The Morgan fingerprint density at radius 1 is 1.30 bits per heavy atom. The van der Waals surface area contributed by atoms with Crippen molar-refractivity contribution in [2.75, 3.05) is 12.4 Å². The van der Waals surface area contributed by atoms with E-state index in [1.807, 2.05) is 0 Å². The van der Waals surface area contributed by atoms with E-state index in [1.165, 1.54) is 25.3 Å². The van der Waals surface area contributed by atoms with E-state index in [2.05, 4.69) is 10.1 Å². The number of non-ortho nitro benzene ring substituents is 1. The van der Waals surface area contributed by atoms with Crippen LogP contribution in [0.1, 0.15) is 5.56 Å². The minimum atomic E-state index is -3.11. The van der Waals surface area contributed by atoms with Crippen molar-refractivity contribution in [3.05, 3.63) is 64.0 Å². The largest absolute Gasteiger partial charge is 0.493 e. The molecule has 7 nitrogen and oxygen atoms in total. The average Bonchev–Trinajstić information content (AvgIpc) is 2.62. The highest BCUT2D eigenvalue weighted by atomic mass is 19.3. The van der Waals surface area contributed by atoms with Gasteiger partial charge < -0.3 is 14.8 Å². The SMILES string of the molecule is COc1cccc(C=CC(=O)Nc2cc([N+](=O)[O-])ccc2F)c1OC(F)F. The molecule has 0 heterocycles. The summed E-state index contributed by atoms with van der Waals surface area (Å²) in [7, 11) is 1.26. The molecule has 1 amide bonds. The van der Waals surface area contributed by atoms with Crippen LogP contribution in [0.25, 0.3) is 6.08 Å². The fourth-order valence-electron chi connectivity index (χ4n) is 2.10. The van der Waals surface area contributed by atoms with Gasteiger partial charge in [0.2, 0.25) is 5.91 Å². The molecule has 0 aliphatic carbocycles. The van der Waals surface area contributed by atoms with Gasteiger partial charge >= 0.3 is 6.61 Å². The summed E-state index contributed by atoms with van der Waals surface area (Å²) >= 11 is 0. The predicted molar refractivity (Wildman–Crippen MR) is 90.3 cm³/mol. The Labute approximate surface area is 151 Å². The van der Waals surface area contributed by atoms with Crippen LogP contribution >= 0.6 is 0 Å². The van der Waals surface area contributed by atoms with Crippen LogP contribution in [0.2, 0.25) is 0 Å². The van der Waals surface area contributed by atoms with Crippen LogP contribution < -0.4 is 14.8 Å². The third-order valence-electron chi connectivity index (χ3n) is 3.27. The number of nitro benzene ring substituents is 1. The van der Waals surface area contributed by atoms with E-state index in [0.717, 1.165) is 30.4 Å². The lowest BCUT2D eigenvalue weighted by Gasteiger charge is -2.12. The van der Waals surface area contributed by atoms with Crippen LogP contribution in [-0.4, -0.2) is 24.6 Å². The summed E-state index contributed by atoms with van der Waals surface area (Å²) < 4.78 is 48.2.